The molecule has 1 aliphatic heterocycles. The van der Waals surface area contributed by atoms with Crippen molar-refractivity contribution in [2.24, 2.45) is 7.05 Å². The number of fused-ring (bicyclic) bond motifs is 2. The topological polar surface area (TPSA) is 97.7 Å². The molecule has 8 heteroatoms. The number of nitrogens with zero attached hydrogens (tertiary/aromatic N) is 4. The van der Waals surface area contributed by atoms with Crippen LogP contribution in [-0.4, -0.2) is 43.3 Å². The lowest BCUT2D eigenvalue weighted by Gasteiger charge is -2.24. The molecule has 2 atom stereocenters. The van der Waals surface area contributed by atoms with Gasteiger partial charge in [0.25, 0.3) is 5.91 Å². The third-order valence-corrected chi connectivity index (χ3v) is 4.89. The molecule has 27 heavy (non-hydrogen) atoms. The van der Waals surface area contributed by atoms with Gasteiger partial charge in [-0.2, -0.15) is 5.10 Å². The molecule has 4 heterocycles. The van der Waals surface area contributed by atoms with Crippen molar-refractivity contribution in [3.8, 4) is 0 Å². The van der Waals surface area contributed by atoms with Crippen molar-refractivity contribution in [3.63, 3.8) is 0 Å². The largest absolute Gasteiger partial charge is 0.369 e. The minimum absolute atomic E-state index is 0.0844. The van der Waals surface area contributed by atoms with E-state index in [0.29, 0.717) is 18.7 Å². The van der Waals surface area contributed by atoms with E-state index in [2.05, 4.69) is 25.4 Å². The van der Waals surface area contributed by atoms with Crippen molar-refractivity contribution in [1.82, 2.24) is 30.0 Å². The fraction of sp³-hybridized carbons (Fsp3) is 0.474. The molecule has 0 unspecified atom stereocenters. The summed E-state index contributed by atoms with van der Waals surface area (Å²) in [6, 6.07) is 3.84. The molecule has 0 aromatic carbocycles. The summed E-state index contributed by atoms with van der Waals surface area (Å²) in [7, 11) is 1.81. The molecule has 0 bridgehead atoms. The van der Waals surface area contributed by atoms with Gasteiger partial charge in [-0.25, -0.2) is 9.97 Å². The summed E-state index contributed by atoms with van der Waals surface area (Å²) in [5.41, 5.74) is 4.17. The number of aromatic nitrogens is 5. The second kappa shape index (κ2) is 7.11. The fourth-order valence-corrected chi connectivity index (χ4v) is 3.70. The first-order valence-corrected chi connectivity index (χ1v) is 9.32. The molecule has 8 nitrogen and oxygen atoms in total. The lowest BCUT2D eigenvalue weighted by molar-refractivity contribution is -0.00710. The molecule has 0 radical (unpaired) electrons. The van der Waals surface area contributed by atoms with Crippen molar-refractivity contribution in [2.45, 2.75) is 45.3 Å². The zero-order chi connectivity index (χ0) is 19.0. The number of carbonyl (C=O) groups excluding carboxylic acids is 1. The van der Waals surface area contributed by atoms with Crippen LogP contribution in [-0.2, 0) is 24.6 Å². The van der Waals surface area contributed by atoms with Gasteiger partial charge in [0.05, 0.1) is 23.4 Å². The highest BCUT2D eigenvalue weighted by atomic mass is 16.5. The number of amides is 1. The maximum Gasteiger partial charge on any atom is 0.269 e. The second-order valence-electron chi connectivity index (χ2n) is 7.05. The molecule has 0 fully saturated rings. The van der Waals surface area contributed by atoms with Crippen LogP contribution < -0.4 is 5.32 Å². The van der Waals surface area contributed by atoms with E-state index in [1.54, 1.807) is 10.9 Å². The normalized spacial score (nSPS) is 19.2. The number of aromatic amines is 1. The third kappa shape index (κ3) is 3.44. The second-order valence-corrected chi connectivity index (χ2v) is 7.05. The van der Waals surface area contributed by atoms with E-state index in [1.165, 1.54) is 0 Å². The van der Waals surface area contributed by atoms with Crippen molar-refractivity contribution in [2.75, 3.05) is 6.54 Å². The van der Waals surface area contributed by atoms with Gasteiger partial charge in [-0.3, -0.25) is 9.48 Å². The van der Waals surface area contributed by atoms with E-state index in [9.17, 15) is 4.79 Å². The highest BCUT2D eigenvalue weighted by molar-refractivity contribution is 5.94. The van der Waals surface area contributed by atoms with Crippen LogP contribution in [0.4, 0.5) is 0 Å². The van der Waals surface area contributed by atoms with Crippen LogP contribution in [0.3, 0.4) is 0 Å². The Hall–Kier alpha value is -2.74. The van der Waals surface area contributed by atoms with Gasteiger partial charge < -0.3 is 15.0 Å². The van der Waals surface area contributed by atoms with E-state index in [-0.39, 0.29) is 18.1 Å². The van der Waals surface area contributed by atoms with Crippen LogP contribution in [0.5, 0.6) is 0 Å². The van der Waals surface area contributed by atoms with Gasteiger partial charge in [-0.1, -0.05) is 0 Å². The first kappa shape index (κ1) is 17.7. The first-order valence-electron chi connectivity index (χ1n) is 9.32. The Labute approximate surface area is 157 Å². The lowest BCUT2D eigenvalue weighted by Crippen LogP contribution is -2.29. The number of hydrogen-bond acceptors (Lipinski definition) is 5. The molecule has 2 N–H and O–H groups in total. The van der Waals surface area contributed by atoms with E-state index >= 15 is 0 Å². The molecule has 4 rings (SSSR count). The van der Waals surface area contributed by atoms with Crippen molar-refractivity contribution < 1.29 is 9.53 Å². The van der Waals surface area contributed by atoms with Crippen LogP contribution in [0.1, 0.15) is 53.9 Å². The van der Waals surface area contributed by atoms with Gasteiger partial charge in [-0.15, -0.1) is 0 Å². The average molecular weight is 368 g/mol. The summed E-state index contributed by atoms with van der Waals surface area (Å²) in [4.78, 5) is 24.7. The molecular weight excluding hydrogens is 344 g/mol. The molecule has 0 spiro atoms. The zero-order valence-electron chi connectivity index (χ0n) is 15.8. The fourth-order valence-electron chi connectivity index (χ4n) is 3.70. The SMILES string of the molecule is C[C@@H]1Cc2c(nn(C)c2C(=O)NCCCc2nc3ncccc3[nH]2)[C@H](C)O1. The number of nitrogens with one attached hydrogen (secondary N) is 2. The standard InChI is InChI=1S/C19H24N6O2/c1-11-10-13-16(12(2)27-11)24-25(3)17(13)19(26)21-9-5-7-15-22-14-6-4-8-20-18(14)23-15/h4,6,8,11-12H,5,7,9-10H2,1-3H3,(H,21,26)(H,20,22,23)/t11-,12+/m1/s1. The minimum atomic E-state index is -0.0850. The first-order chi connectivity index (χ1) is 13.0. The molecule has 0 aliphatic carbocycles. The molecular formula is C19H24N6O2. The van der Waals surface area contributed by atoms with Gasteiger partial charge in [-0.05, 0) is 32.4 Å². The van der Waals surface area contributed by atoms with Crippen molar-refractivity contribution >= 4 is 17.1 Å². The Bertz CT molecular complexity index is 943. The Morgan fingerprint density at radius 1 is 1.44 bits per heavy atom. The molecule has 0 saturated heterocycles. The van der Waals surface area contributed by atoms with Crippen LogP contribution in [0.25, 0.3) is 11.2 Å². The van der Waals surface area contributed by atoms with Crippen LogP contribution >= 0.6 is 0 Å². The van der Waals surface area contributed by atoms with Gasteiger partial charge in [0.1, 0.15) is 11.5 Å². The predicted octanol–water partition coefficient (Wildman–Crippen LogP) is 2.08. The van der Waals surface area contributed by atoms with E-state index in [0.717, 1.165) is 41.1 Å². The molecule has 3 aromatic heterocycles. The Morgan fingerprint density at radius 3 is 3.11 bits per heavy atom. The number of carbonyl (C=O) groups is 1. The maximum atomic E-state index is 12.7. The smallest absolute Gasteiger partial charge is 0.269 e. The molecule has 1 amide bonds. The minimum Gasteiger partial charge on any atom is -0.369 e. The Kier molecular flexibility index (Phi) is 4.65. The quantitative estimate of drug-likeness (QED) is 0.672. The summed E-state index contributed by atoms with van der Waals surface area (Å²) in [5.74, 6) is 0.800. The van der Waals surface area contributed by atoms with Crippen LogP contribution in [0, 0.1) is 0 Å². The summed E-state index contributed by atoms with van der Waals surface area (Å²) in [5, 5.41) is 7.51. The molecule has 0 saturated carbocycles. The highest BCUT2D eigenvalue weighted by Crippen LogP contribution is 2.31. The molecule has 142 valence electrons. The summed E-state index contributed by atoms with van der Waals surface area (Å²) in [6.07, 6.45) is 3.99. The average Bonchev–Trinajstić information content (AvgIpc) is 3.18. The van der Waals surface area contributed by atoms with E-state index in [1.807, 2.05) is 33.0 Å². The summed E-state index contributed by atoms with van der Waals surface area (Å²) >= 11 is 0. The maximum absolute atomic E-state index is 12.7. The summed E-state index contributed by atoms with van der Waals surface area (Å²) < 4.78 is 7.48. The van der Waals surface area contributed by atoms with Crippen molar-refractivity contribution in [3.05, 3.63) is 41.1 Å². The van der Waals surface area contributed by atoms with Gasteiger partial charge >= 0.3 is 0 Å². The monoisotopic (exact) mass is 368 g/mol. The number of hydrogen-bond donors (Lipinski definition) is 2. The zero-order valence-corrected chi connectivity index (χ0v) is 15.8. The highest BCUT2D eigenvalue weighted by Gasteiger charge is 2.31. The lowest BCUT2D eigenvalue weighted by atomic mass is 9.99. The third-order valence-electron chi connectivity index (χ3n) is 4.89. The van der Waals surface area contributed by atoms with E-state index < -0.39 is 0 Å². The van der Waals surface area contributed by atoms with Crippen molar-refractivity contribution in [1.29, 1.82) is 0 Å². The number of H-pyrrole nitrogens is 1. The molecule has 1 aliphatic rings. The van der Waals surface area contributed by atoms with Gasteiger partial charge in [0.2, 0.25) is 0 Å². The number of rotatable bonds is 5. The van der Waals surface area contributed by atoms with Gasteiger partial charge in [0.15, 0.2) is 5.65 Å². The Balaban J connectivity index is 1.37. The number of pyridine rings is 1. The van der Waals surface area contributed by atoms with Crippen LogP contribution in [0.2, 0.25) is 0 Å². The summed E-state index contributed by atoms with van der Waals surface area (Å²) in [6.45, 7) is 4.58. The number of imidazole rings is 1. The number of ether oxygens (including phenoxy) is 1. The number of aryl methyl sites for hydroxylation is 2. The Morgan fingerprint density at radius 2 is 2.30 bits per heavy atom. The predicted molar refractivity (Wildman–Crippen MR) is 100 cm³/mol. The van der Waals surface area contributed by atoms with E-state index in [4.69, 9.17) is 4.74 Å². The van der Waals surface area contributed by atoms with Gasteiger partial charge in [0, 0.05) is 38.2 Å². The molecule has 3 aromatic rings. The van der Waals surface area contributed by atoms with Crippen LogP contribution in [0.15, 0.2) is 18.3 Å².